The lowest BCUT2D eigenvalue weighted by molar-refractivity contribution is 0.730. The predicted molar refractivity (Wildman–Crippen MR) is 49.8 cm³/mol. The van der Waals surface area contributed by atoms with Gasteiger partial charge in [-0.1, -0.05) is 11.8 Å². The Morgan fingerprint density at radius 1 is 1.64 bits per heavy atom. The highest BCUT2D eigenvalue weighted by Crippen LogP contribution is 2.32. The van der Waals surface area contributed by atoms with Crippen LogP contribution in [0.5, 0.6) is 0 Å². The molecule has 0 saturated carbocycles. The smallest absolute Gasteiger partial charge is 0.151 e. The fraction of sp³-hybridized carbons (Fsp3) is 0.250. The normalized spacial score (nSPS) is 23.0. The van der Waals surface area contributed by atoms with Crippen molar-refractivity contribution < 1.29 is 0 Å². The Balaban J connectivity index is 2.11. The van der Waals surface area contributed by atoms with Crippen LogP contribution in [0.2, 0.25) is 0 Å². The van der Waals surface area contributed by atoms with Gasteiger partial charge in [-0.15, -0.1) is 34.2 Å². The highest BCUT2D eigenvalue weighted by atomic mass is 32.2. The van der Waals surface area contributed by atoms with Gasteiger partial charge in [-0.3, -0.25) is 5.43 Å². The van der Waals surface area contributed by atoms with Crippen LogP contribution >= 0.6 is 35.7 Å². The highest BCUT2D eigenvalue weighted by Gasteiger charge is 2.21. The maximum absolute atomic E-state index is 4.09. The monoisotopic (exact) mass is 204 g/mol. The number of thioether (sulfide) groups is 1. The Kier molecular flexibility index (Phi) is 2.01. The molecule has 1 atom stereocenters. The number of hydrogen-bond donors (Lipinski definition) is 2. The maximum atomic E-state index is 4.09. The number of nitrogens with one attached hydrogen (secondary N) is 1. The second-order valence-corrected chi connectivity index (χ2v) is 4.48. The van der Waals surface area contributed by atoms with Gasteiger partial charge < -0.3 is 0 Å². The van der Waals surface area contributed by atoms with Crippen molar-refractivity contribution in [2.75, 3.05) is 0 Å². The lowest BCUT2D eigenvalue weighted by Gasteiger charge is -2.01. The van der Waals surface area contributed by atoms with Crippen LogP contribution in [0, 0.1) is 0 Å². The predicted octanol–water partition coefficient (Wildman–Crippen LogP) is 1.07. The summed E-state index contributed by atoms with van der Waals surface area (Å²) < 4.78 is 0.741. The first kappa shape index (κ1) is 7.38. The summed E-state index contributed by atoms with van der Waals surface area (Å²) in [6.45, 7) is 0. The summed E-state index contributed by atoms with van der Waals surface area (Å²) in [4.78, 5) is 0. The van der Waals surface area contributed by atoms with E-state index in [0.717, 1.165) is 9.38 Å². The van der Waals surface area contributed by atoms with Crippen molar-refractivity contribution >= 4 is 40.1 Å². The molecule has 0 aromatic carbocycles. The zero-order valence-electron chi connectivity index (χ0n) is 5.26. The number of hydrogen-bond acceptors (Lipinski definition) is 6. The zero-order valence-corrected chi connectivity index (χ0v) is 7.79. The molecule has 0 fully saturated rings. The molecule has 0 spiro atoms. The van der Waals surface area contributed by atoms with Gasteiger partial charge in [0.25, 0.3) is 0 Å². The summed E-state index contributed by atoms with van der Waals surface area (Å²) in [6.07, 6.45) is 0. The van der Waals surface area contributed by atoms with Gasteiger partial charge in [-0.05, 0) is 0 Å². The molecular weight excluding hydrogens is 200 g/mol. The summed E-state index contributed by atoms with van der Waals surface area (Å²) in [5.41, 5.74) is 4.59. The van der Waals surface area contributed by atoms with Gasteiger partial charge in [0.2, 0.25) is 0 Å². The van der Waals surface area contributed by atoms with E-state index in [1.165, 1.54) is 23.1 Å². The second-order valence-electron chi connectivity index (χ2n) is 1.80. The van der Waals surface area contributed by atoms with Crippen LogP contribution in [0.1, 0.15) is 10.4 Å². The number of thiol groups is 1. The Bertz CT molecular complexity index is 269. The van der Waals surface area contributed by atoms with Crippen molar-refractivity contribution in [1.82, 2.24) is 15.6 Å². The Hall–Kier alpha value is -0.270. The number of nitrogens with zero attached hydrogens (tertiary/aromatic N) is 3. The lowest BCUT2D eigenvalue weighted by Crippen LogP contribution is -2.05. The van der Waals surface area contributed by atoms with Gasteiger partial charge in [0, 0.05) is 0 Å². The minimum Gasteiger partial charge on any atom is -0.288 e. The molecule has 2 heterocycles. The van der Waals surface area contributed by atoms with Gasteiger partial charge in [-0.2, -0.15) is 5.10 Å². The Morgan fingerprint density at radius 3 is 3.09 bits per heavy atom. The number of hydrazone groups is 1. The van der Waals surface area contributed by atoms with E-state index in [4.69, 9.17) is 0 Å². The van der Waals surface area contributed by atoms with E-state index in [1.807, 2.05) is 0 Å². The van der Waals surface area contributed by atoms with Crippen molar-refractivity contribution in [2.45, 2.75) is 5.37 Å². The molecule has 11 heavy (non-hydrogen) atoms. The largest absolute Gasteiger partial charge is 0.288 e. The van der Waals surface area contributed by atoms with E-state index in [1.54, 1.807) is 5.51 Å². The molecule has 1 aromatic rings. The molecule has 58 valence electrons. The standard InChI is InChI=1S/C4H4N4S3/c9-4-8-7-3(11-4)2-6-5-1-10-2/h1,3,7H,(H,8,9). The minimum atomic E-state index is 0.106. The van der Waals surface area contributed by atoms with E-state index in [-0.39, 0.29) is 5.37 Å². The van der Waals surface area contributed by atoms with Crippen molar-refractivity contribution in [1.29, 1.82) is 0 Å². The molecule has 1 aromatic heterocycles. The quantitative estimate of drug-likeness (QED) is 0.672. The molecule has 0 radical (unpaired) electrons. The molecule has 1 unspecified atom stereocenters. The van der Waals surface area contributed by atoms with Crippen molar-refractivity contribution in [3.63, 3.8) is 0 Å². The van der Waals surface area contributed by atoms with Crippen LogP contribution in [0.15, 0.2) is 10.6 Å². The summed E-state index contributed by atoms with van der Waals surface area (Å²) in [6, 6.07) is 0. The highest BCUT2D eigenvalue weighted by molar-refractivity contribution is 8.32. The van der Waals surface area contributed by atoms with Gasteiger partial charge in [0.05, 0.1) is 0 Å². The van der Waals surface area contributed by atoms with Crippen LogP contribution in [-0.4, -0.2) is 14.6 Å². The van der Waals surface area contributed by atoms with Crippen LogP contribution in [0.25, 0.3) is 0 Å². The molecule has 1 N–H and O–H groups in total. The van der Waals surface area contributed by atoms with E-state index >= 15 is 0 Å². The van der Waals surface area contributed by atoms with E-state index in [2.05, 4.69) is 33.4 Å². The fourth-order valence-corrected chi connectivity index (χ4v) is 2.40. The molecule has 7 heteroatoms. The summed E-state index contributed by atoms with van der Waals surface area (Å²) >= 11 is 7.13. The number of aromatic nitrogens is 2. The van der Waals surface area contributed by atoms with Crippen LogP contribution in [-0.2, 0) is 0 Å². The molecule has 0 aliphatic carbocycles. The average Bonchev–Trinajstić information content (AvgIpc) is 2.55. The number of rotatable bonds is 1. The molecule has 4 nitrogen and oxygen atoms in total. The zero-order chi connectivity index (χ0) is 7.68. The van der Waals surface area contributed by atoms with Crippen molar-refractivity contribution in [2.24, 2.45) is 5.10 Å². The van der Waals surface area contributed by atoms with E-state index in [0.29, 0.717) is 0 Å². The topological polar surface area (TPSA) is 50.2 Å². The maximum Gasteiger partial charge on any atom is 0.151 e. The van der Waals surface area contributed by atoms with Crippen LogP contribution in [0.4, 0.5) is 0 Å². The van der Waals surface area contributed by atoms with Crippen LogP contribution < -0.4 is 5.43 Å². The average molecular weight is 204 g/mol. The third-order valence-electron chi connectivity index (χ3n) is 1.10. The second kappa shape index (κ2) is 3.00. The van der Waals surface area contributed by atoms with Gasteiger partial charge in [-0.25, -0.2) is 0 Å². The Morgan fingerprint density at radius 2 is 2.55 bits per heavy atom. The van der Waals surface area contributed by atoms with Crippen molar-refractivity contribution in [3.8, 4) is 0 Å². The summed E-state index contributed by atoms with van der Waals surface area (Å²) in [5, 5.41) is 12.6. The molecular formula is C4H4N4S3. The molecule has 2 rings (SSSR count). The van der Waals surface area contributed by atoms with E-state index in [9.17, 15) is 0 Å². The molecule has 0 bridgehead atoms. The molecule has 0 amide bonds. The third-order valence-corrected chi connectivity index (χ3v) is 3.29. The molecule has 0 saturated heterocycles. The molecule has 1 aliphatic rings. The van der Waals surface area contributed by atoms with E-state index < -0.39 is 0 Å². The first-order valence-corrected chi connectivity index (χ1v) is 5.02. The van der Waals surface area contributed by atoms with Crippen molar-refractivity contribution in [3.05, 3.63) is 10.5 Å². The fourth-order valence-electron chi connectivity index (χ4n) is 0.673. The minimum absolute atomic E-state index is 0.106. The van der Waals surface area contributed by atoms with Gasteiger partial charge in [0.1, 0.15) is 15.3 Å². The van der Waals surface area contributed by atoms with Crippen LogP contribution in [0.3, 0.4) is 0 Å². The molecule has 1 aliphatic heterocycles. The third kappa shape index (κ3) is 1.49. The lowest BCUT2D eigenvalue weighted by atomic mass is 10.7. The summed E-state index contributed by atoms with van der Waals surface area (Å²) in [7, 11) is 0. The first-order valence-electron chi connectivity index (χ1n) is 2.81. The van der Waals surface area contributed by atoms with Gasteiger partial charge in [0.15, 0.2) is 5.01 Å². The SMILES string of the molecule is SC1=NNC(c2nncs2)S1. The van der Waals surface area contributed by atoms with Gasteiger partial charge >= 0.3 is 0 Å². The summed E-state index contributed by atoms with van der Waals surface area (Å²) in [5.74, 6) is 0. The first-order chi connectivity index (χ1) is 5.36. The Labute approximate surface area is 76.9 Å².